The van der Waals surface area contributed by atoms with Gasteiger partial charge >= 0.3 is 0 Å². The van der Waals surface area contributed by atoms with Crippen molar-refractivity contribution in [2.45, 2.75) is 12.6 Å². The van der Waals surface area contributed by atoms with Crippen LogP contribution in [0.2, 0.25) is 5.02 Å². The molecule has 7 heteroatoms. The summed E-state index contributed by atoms with van der Waals surface area (Å²) in [6, 6.07) is 10.8. The van der Waals surface area contributed by atoms with E-state index >= 15 is 0 Å². The van der Waals surface area contributed by atoms with E-state index < -0.39 is 6.04 Å². The van der Waals surface area contributed by atoms with Crippen LogP contribution < -0.4 is 5.32 Å². The van der Waals surface area contributed by atoms with Crippen LogP contribution in [0, 0.1) is 5.82 Å². The number of imidazole rings is 1. The van der Waals surface area contributed by atoms with E-state index in [1.165, 1.54) is 12.1 Å². The molecule has 25 heavy (non-hydrogen) atoms. The average molecular weight is 361 g/mol. The topological polar surface area (TPSA) is 61.0 Å². The maximum absolute atomic E-state index is 13.1. The summed E-state index contributed by atoms with van der Waals surface area (Å²) < 4.78 is 13.1. The van der Waals surface area contributed by atoms with Gasteiger partial charge in [-0.1, -0.05) is 23.7 Å². The van der Waals surface area contributed by atoms with E-state index in [1.807, 2.05) is 6.07 Å². The summed E-state index contributed by atoms with van der Waals surface area (Å²) in [5.41, 5.74) is 2.33. The Morgan fingerprint density at radius 1 is 1.28 bits per heavy atom. The molecule has 0 radical (unpaired) electrons. The number of aromatic amines is 1. The van der Waals surface area contributed by atoms with E-state index in [4.69, 9.17) is 11.6 Å². The summed E-state index contributed by atoms with van der Waals surface area (Å²) in [7, 11) is 3.60. The number of carbonyl (C=O) groups is 1. The number of hydrogen-bond acceptors (Lipinski definition) is 3. The minimum atomic E-state index is -0.514. The Balaban J connectivity index is 1.73. The van der Waals surface area contributed by atoms with Gasteiger partial charge in [0.05, 0.1) is 17.6 Å². The Hall–Kier alpha value is -2.44. The van der Waals surface area contributed by atoms with E-state index in [0.717, 1.165) is 16.6 Å². The van der Waals surface area contributed by atoms with Crippen molar-refractivity contribution in [3.8, 4) is 0 Å². The van der Waals surface area contributed by atoms with Crippen molar-refractivity contribution in [2.24, 2.45) is 0 Å². The number of nitrogens with zero attached hydrogens (tertiary/aromatic N) is 2. The molecule has 130 valence electrons. The Morgan fingerprint density at radius 2 is 2.00 bits per heavy atom. The lowest BCUT2D eigenvalue weighted by Crippen LogP contribution is -2.36. The van der Waals surface area contributed by atoms with Crippen molar-refractivity contribution in [2.75, 3.05) is 14.1 Å². The molecule has 3 rings (SSSR count). The Kier molecular flexibility index (Phi) is 5.01. The molecule has 2 aromatic carbocycles. The lowest BCUT2D eigenvalue weighted by molar-refractivity contribution is -0.126. The lowest BCUT2D eigenvalue weighted by atomic mass is 10.1. The molecule has 0 fully saturated rings. The molecule has 1 aromatic heterocycles. The molecule has 0 aliphatic rings. The van der Waals surface area contributed by atoms with E-state index in [9.17, 15) is 9.18 Å². The molecule has 0 aliphatic carbocycles. The van der Waals surface area contributed by atoms with Crippen molar-refractivity contribution in [1.29, 1.82) is 0 Å². The van der Waals surface area contributed by atoms with Crippen molar-refractivity contribution < 1.29 is 9.18 Å². The van der Waals surface area contributed by atoms with E-state index in [-0.39, 0.29) is 18.3 Å². The molecule has 2 N–H and O–H groups in total. The van der Waals surface area contributed by atoms with Crippen LogP contribution in [0.15, 0.2) is 42.5 Å². The number of H-pyrrole nitrogens is 1. The minimum Gasteiger partial charge on any atom is -0.347 e. The summed E-state index contributed by atoms with van der Waals surface area (Å²) in [4.78, 5) is 21.9. The molecular formula is C18H18ClFN4O. The maximum atomic E-state index is 13.1. The summed E-state index contributed by atoms with van der Waals surface area (Å²) in [5.74, 6) is 0.125. The number of amides is 1. The van der Waals surface area contributed by atoms with Gasteiger partial charge in [-0.05, 0) is 50.0 Å². The second-order valence-corrected chi connectivity index (χ2v) is 6.42. The highest BCUT2D eigenvalue weighted by Gasteiger charge is 2.23. The van der Waals surface area contributed by atoms with E-state index in [2.05, 4.69) is 15.3 Å². The highest BCUT2D eigenvalue weighted by Crippen LogP contribution is 2.20. The Labute approximate surface area is 149 Å². The number of rotatable bonds is 5. The monoisotopic (exact) mass is 360 g/mol. The van der Waals surface area contributed by atoms with Crippen LogP contribution in [-0.2, 0) is 11.3 Å². The van der Waals surface area contributed by atoms with Gasteiger partial charge < -0.3 is 10.3 Å². The zero-order valence-electron chi connectivity index (χ0n) is 13.9. The molecular weight excluding hydrogens is 343 g/mol. The molecule has 0 spiro atoms. The summed E-state index contributed by atoms with van der Waals surface area (Å²) in [6.45, 7) is 0.261. The minimum absolute atomic E-state index is 0.185. The van der Waals surface area contributed by atoms with Gasteiger partial charge in [0.1, 0.15) is 17.7 Å². The molecule has 1 unspecified atom stereocenters. The summed E-state index contributed by atoms with van der Waals surface area (Å²) >= 11 is 5.96. The van der Waals surface area contributed by atoms with Crippen molar-refractivity contribution in [1.82, 2.24) is 20.2 Å². The first-order chi connectivity index (χ1) is 11.9. The van der Waals surface area contributed by atoms with Gasteiger partial charge in [0.25, 0.3) is 0 Å². The molecule has 1 atom stereocenters. The predicted molar refractivity (Wildman–Crippen MR) is 95.8 cm³/mol. The van der Waals surface area contributed by atoms with Gasteiger partial charge in [-0.15, -0.1) is 0 Å². The number of likely N-dealkylation sites (N-methyl/N-ethyl adjacent to an activating group) is 1. The van der Waals surface area contributed by atoms with Crippen LogP contribution in [0.4, 0.5) is 4.39 Å². The van der Waals surface area contributed by atoms with Crippen LogP contribution in [0.3, 0.4) is 0 Å². The molecule has 0 bridgehead atoms. The van der Waals surface area contributed by atoms with Gasteiger partial charge in [0.2, 0.25) is 5.91 Å². The standard InChI is InChI=1S/C18H18ClFN4O/c1-24(2)17(11-3-6-13(20)7-4-11)18(25)21-10-16-22-14-8-5-12(19)9-15(14)23-16/h3-9,17H,10H2,1-2H3,(H,21,25)(H,22,23). The Morgan fingerprint density at radius 3 is 2.68 bits per heavy atom. The Bertz CT molecular complexity index is 892. The number of fused-ring (bicyclic) bond motifs is 1. The van der Waals surface area contributed by atoms with E-state index in [1.54, 1.807) is 43.3 Å². The molecule has 3 aromatic rings. The summed E-state index contributed by atoms with van der Waals surface area (Å²) in [5, 5.41) is 3.49. The lowest BCUT2D eigenvalue weighted by Gasteiger charge is -2.23. The molecule has 0 aliphatic heterocycles. The van der Waals surface area contributed by atoms with Crippen molar-refractivity contribution in [3.05, 3.63) is 64.7 Å². The predicted octanol–water partition coefficient (Wildman–Crippen LogP) is 3.27. The summed E-state index contributed by atoms with van der Waals surface area (Å²) in [6.07, 6.45) is 0. The van der Waals surface area contributed by atoms with Crippen LogP contribution in [-0.4, -0.2) is 34.9 Å². The first-order valence-corrected chi connectivity index (χ1v) is 8.15. The second-order valence-electron chi connectivity index (χ2n) is 5.98. The fraction of sp³-hybridized carbons (Fsp3) is 0.222. The third kappa shape index (κ3) is 3.97. The van der Waals surface area contributed by atoms with Gasteiger partial charge in [-0.2, -0.15) is 0 Å². The van der Waals surface area contributed by atoms with Crippen LogP contribution in [0.25, 0.3) is 11.0 Å². The number of hydrogen-bond donors (Lipinski definition) is 2. The van der Waals surface area contributed by atoms with Gasteiger partial charge in [0, 0.05) is 5.02 Å². The number of aromatic nitrogens is 2. The zero-order valence-corrected chi connectivity index (χ0v) is 14.6. The van der Waals surface area contributed by atoms with Crippen LogP contribution >= 0.6 is 11.6 Å². The van der Waals surface area contributed by atoms with Gasteiger partial charge in [0.15, 0.2) is 0 Å². The largest absolute Gasteiger partial charge is 0.347 e. The fourth-order valence-electron chi connectivity index (χ4n) is 2.72. The highest BCUT2D eigenvalue weighted by molar-refractivity contribution is 6.31. The maximum Gasteiger partial charge on any atom is 0.242 e. The third-order valence-corrected chi connectivity index (χ3v) is 4.11. The van der Waals surface area contributed by atoms with Gasteiger partial charge in [-0.3, -0.25) is 9.69 Å². The quantitative estimate of drug-likeness (QED) is 0.734. The third-order valence-electron chi connectivity index (χ3n) is 3.87. The molecule has 5 nitrogen and oxygen atoms in total. The van der Waals surface area contributed by atoms with E-state index in [0.29, 0.717) is 10.8 Å². The number of halogens is 2. The van der Waals surface area contributed by atoms with Gasteiger partial charge in [-0.25, -0.2) is 9.37 Å². The first kappa shape index (κ1) is 17.4. The fourth-order valence-corrected chi connectivity index (χ4v) is 2.89. The highest BCUT2D eigenvalue weighted by atomic mass is 35.5. The molecule has 0 saturated carbocycles. The smallest absolute Gasteiger partial charge is 0.242 e. The van der Waals surface area contributed by atoms with Crippen molar-refractivity contribution in [3.63, 3.8) is 0 Å². The average Bonchev–Trinajstić information content (AvgIpc) is 2.96. The second kappa shape index (κ2) is 7.21. The molecule has 1 heterocycles. The SMILES string of the molecule is CN(C)C(C(=O)NCc1nc2ccc(Cl)cc2[nH]1)c1ccc(F)cc1. The first-order valence-electron chi connectivity index (χ1n) is 7.78. The molecule has 0 saturated heterocycles. The molecule has 1 amide bonds. The van der Waals surface area contributed by atoms with Crippen molar-refractivity contribution >= 4 is 28.5 Å². The normalized spacial score (nSPS) is 12.5. The van der Waals surface area contributed by atoms with Crippen LogP contribution in [0.5, 0.6) is 0 Å². The van der Waals surface area contributed by atoms with Crippen LogP contribution in [0.1, 0.15) is 17.4 Å². The number of benzene rings is 2. The number of carbonyl (C=O) groups excluding carboxylic acids is 1. The number of nitrogens with one attached hydrogen (secondary N) is 2. The zero-order chi connectivity index (χ0) is 18.0.